The molecule has 4 N–H and O–H groups in total. The molecule has 3 aromatic carbocycles. The predicted molar refractivity (Wildman–Crippen MR) is 120 cm³/mol. The molecule has 0 radical (unpaired) electrons. The van der Waals surface area contributed by atoms with Gasteiger partial charge in [-0.3, -0.25) is 0 Å². The van der Waals surface area contributed by atoms with Crippen molar-refractivity contribution >= 4 is 0 Å². The average molecular weight is 373 g/mol. The lowest BCUT2D eigenvalue weighted by Gasteiger charge is -2.28. The summed E-state index contributed by atoms with van der Waals surface area (Å²) in [4.78, 5) is 0. The number of aryl methyl sites for hydroxylation is 2. The van der Waals surface area contributed by atoms with Crippen LogP contribution in [0.1, 0.15) is 40.2 Å². The Morgan fingerprint density at radius 2 is 1.25 bits per heavy atom. The fraction of sp³-hybridized carbons (Fsp3) is 0.308. The molecule has 0 aromatic heterocycles. The minimum atomic E-state index is 0.0336. The summed E-state index contributed by atoms with van der Waals surface area (Å²) in [5.74, 6) is 0.234. The highest BCUT2D eigenvalue weighted by Crippen LogP contribution is 2.28. The maximum Gasteiger partial charge on any atom is 0.0149 e. The van der Waals surface area contributed by atoms with Crippen molar-refractivity contribution < 1.29 is 0 Å². The molecule has 0 saturated heterocycles. The molecule has 0 fully saturated rings. The van der Waals surface area contributed by atoms with Crippen LogP contribution in [0.15, 0.2) is 78.9 Å². The Hall–Kier alpha value is -2.42. The molecule has 0 bridgehead atoms. The van der Waals surface area contributed by atoms with Crippen LogP contribution in [0.5, 0.6) is 0 Å². The van der Waals surface area contributed by atoms with Crippen LogP contribution < -0.4 is 11.5 Å². The molecule has 146 valence electrons. The first-order valence-corrected chi connectivity index (χ1v) is 10.2. The zero-order valence-corrected chi connectivity index (χ0v) is 17.0. The summed E-state index contributed by atoms with van der Waals surface area (Å²) in [6, 6.07) is 27.8. The first-order valence-electron chi connectivity index (χ1n) is 10.2. The highest BCUT2D eigenvalue weighted by Gasteiger charge is 2.23. The van der Waals surface area contributed by atoms with E-state index in [4.69, 9.17) is 11.5 Å². The van der Waals surface area contributed by atoms with E-state index in [2.05, 4.69) is 80.6 Å². The van der Waals surface area contributed by atoms with Crippen LogP contribution in [0.3, 0.4) is 0 Å². The second-order valence-electron chi connectivity index (χ2n) is 7.99. The van der Waals surface area contributed by atoms with Gasteiger partial charge in [0.15, 0.2) is 0 Å². The highest BCUT2D eigenvalue weighted by atomic mass is 14.7. The standard InChI is InChI=1S/C26H32N2/c1-19-13-14-23(15-20(19)2)25(26(28)17-22-11-7-4-8-12-22)18-24(27)16-21-9-5-3-6-10-21/h3-15,24-26H,16-18,27-28H2,1-2H3/t24-,25?,26+/m1/s1. The molecule has 0 aliphatic heterocycles. The molecule has 1 unspecified atom stereocenters. The topological polar surface area (TPSA) is 52.0 Å². The SMILES string of the molecule is Cc1ccc(C(C[C@H](N)Cc2ccccc2)[C@@H](N)Cc2ccccc2)cc1C. The molecule has 0 heterocycles. The molecule has 2 nitrogen and oxygen atoms in total. The third-order valence-corrected chi connectivity index (χ3v) is 5.69. The van der Waals surface area contributed by atoms with Crippen molar-refractivity contribution in [3.63, 3.8) is 0 Å². The minimum absolute atomic E-state index is 0.0336. The zero-order chi connectivity index (χ0) is 19.9. The smallest absolute Gasteiger partial charge is 0.0149 e. The van der Waals surface area contributed by atoms with E-state index in [0.717, 1.165) is 19.3 Å². The molecule has 0 aliphatic rings. The molecule has 3 atom stereocenters. The summed E-state index contributed by atoms with van der Waals surface area (Å²) in [5, 5.41) is 0. The molecular formula is C26H32N2. The second-order valence-corrected chi connectivity index (χ2v) is 7.99. The predicted octanol–water partition coefficient (Wildman–Crippen LogP) is 4.92. The van der Waals surface area contributed by atoms with E-state index < -0.39 is 0 Å². The van der Waals surface area contributed by atoms with Gasteiger partial charge in [-0.1, -0.05) is 78.9 Å². The molecule has 0 amide bonds. The van der Waals surface area contributed by atoms with E-state index in [1.54, 1.807) is 0 Å². The summed E-state index contributed by atoms with van der Waals surface area (Å²) >= 11 is 0. The van der Waals surface area contributed by atoms with Crippen molar-refractivity contribution in [2.75, 3.05) is 0 Å². The molecule has 2 heteroatoms. The molecule has 0 spiro atoms. The van der Waals surface area contributed by atoms with Gasteiger partial charge in [0.1, 0.15) is 0 Å². The average Bonchev–Trinajstić information content (AvgIpc) is 2.70. The summed E-state index contributed by atoms with van der Waals surface area (Å²) in [6.07, 6.45) is 2.61. The number of benzene rings is 3. The Balaban J connectivity index is 1.79. The van der Waals surface area contributed by atoms with Crippen LogP contribution >= 0.6 is 0 Å². The van der Waals surface area contributed by atoms with Gasteiger partial charge in [-0.25, -0.2) is 0 Å². The lowest BCUT2D eigenvalue weighted by atomic mass is 9.81. The summed E-state index contributed by atoms with van der Waals surface area (Å²) in [7, 11) is 0. The van der Waals surface area contributed by atoms with Gasteiger partial charge in [0.2, 0.25) is 0 Å². The van der Waals surface area contributed by atoms with Gasteiger partial charge < -0.3 is 11.5 Å². The van der Waals surface area contributed by atoms with Gasteiger partial charge in [0, 0.05) is 18.0 Å². The number of rotatable bonds is 8. The van der Waals surface area contributed by atoms with E-state index >= 15 is 0 Å². The van der Waals surface area contributed by atoms with Gasteiger partial charge >= 0.3 is 0 Å². The number of hydrogen-bond donors (Lipinski definition) is 2. The largest absolute Gasteiger partial charge is 0.327 e. The number of hydrogen-bond acceptors (Lipinski definition) is 2. The van der Waals surface area contributed by atoms with Crippen LogP contribution in [0.4, 0.5) is 0 Å². The van der Waals surface area contributed by atoms with Crippen molar-refractivity contribution in [2.45, 2.75) is 51.1 Å². The molecule has 3 rings (SSSR count). The summed E-state index contributed by atoms with van der Waals surface area (Å²) in [6.45, 7) is 4.32. The number of nitrogens with two attached hydrogens (primary N) is 2. The van der Waals surface area contributed by atoms with Crippen molar-refractivity contribution in [1.82, 2.24) is 0 Å². The molecule has 0 aliphatic carbocycles. The van der Waals surface area contributed by atoms with E-state index in [9.17, 15) is 0 Å². The van der Waals surface area contributed by atoms with Crippen LogP contribution in [0.2, 0.25) is 0 Å². The minimum Gasteiger partial charge on any atom is -0.327 e. The Labute approximate surface area is 169 Å². The fourth-order valence-corrected chi connectivity index (χ4v) is 3.91. The van der Waals surface area contributed by atoms with Crippen molar-refractivity contribution in [2.24, 2.45) is 11.5 Å². The van der Waals surface area contributed by atoms with Gasteiger partial charge in [0.25, 0.3) is 0 Å². The fourth-order valence-electron chi connectivity index (χ4n) is 3.91. The van der Waals surface area contributed by atoms with Gasteiger partial charge in [-0.15, -0.1) is 0 Å². The lowest BCUT2D eigenvalue weighted by molar-refractivity contribution is 0.448. The third kappa shape index (κ3) is 5.54. The van der Waals surface area contributed by atoms with Gasteiger partial charge in [0.05, 0.1) is 0 Å². The van der Waals surface area contributed by atoms with Crippen LogP contribution in [0, 0.1) is 13.8 Å². The van der Waals surface area contributed by atoms with Crippen LogP contribution in [0.25, 0.3) is 0 Å². The molecular weight excluding hydrogens is 340 g/mol. The Morgan fingerprint density at radius 1 is 0.679 bits per heavy atom. The van der Waals surface area contributed by atoms with Crippen molar-refractivity contribution in [3.05, 3.63) is 107 Å². The van der Waals surface area contributed by atoms with Gasteiger partial charge in [-0.05, 0) is 60.9 Å². The van der Waals surface area contributed by atoms with Crippen molar-refractivity contribution in [3.8, 4) is 0 Å². The van der Waals surface area contributed by atoms with E-state index in [0.29, 0.717) is 0 Å². The first kappa shape index (κ1) is 20.3. The lowest BCUT2D eigenvalue weighted by Crippen LogP contribution is -2.36. The summed E-state index contributed by atoms with van der Waals surface area (Å²) in [5.41, 5.74) is 19.8. The zero-order valence-electron chi connectivity index (χ0n) is 17.0. The molecule has 0 saturated carbocycles. The van der Waals surface area contributed by atoms with E-state index in [-0.39, 0.29) is 18.0 Å². The normalized spacial score (nSPS) is 14.4. The summed E-state index contributed by atoms with van der Waals surface area (Å²) < 4.78 is 0. The quantitative estimate of drug-likeness (QED) is 0.590. The van der Waals surface area contributed by atoms with Crippen LogP contribution in [-0.4, -0.2) is 12.1 Å². The molecule has 28 heavy (non-hydrogen) atoms. The van der Waals surface area contributed by atoms with E-state index in [1.165, 1.54) is 27.8 Å². The second kappa shape index (κ2) is 9.68. The Bertz CT molecular complexity index is 858. The first-order chi connectivity index (χ1) is 13.5. The maximum atomic E-state index is 6.76. The van der Waals surface area contributed by atoms with E-state index in [1.807, 2.05) is 12.1 Å². The Morgan fingerprint density at radius 3 is 1.82 bits per heavy atom. The Kier molecular flexibility index (Phi) is 7.02. The monoisotopic (exact) mass is 372 g/mol. The van der Waals surface area contributed by atoms with Crippen molar-refractivity contribution in [1.29, 1.82) is 0 Å². The molecule has 3 aromatic rings. The third-order valence-electron chi connectivity index (χ3n) is 5.69. The maximum absolute atomic E-state index is 6.76. The van der Waals surface area contributed by atoms with Gasteiger partial charge in [-0.2, -0.15) is 0 Å². The van der Waals surface area contributed by atoms with Crippen LogP contribution in [-0.2, 0) is 12.8 Å². The highest BCUT2D eigenvalue weighted by molar-refractivity contribution is 5.33.